The minimum absolute atomic E-state index is 0.0682. The van der Waals surface area contributed by atoms with Crippen molar-refractivity contribution >= 4 is 39.1 Å². The molecule has 9 heteroatoms. The molecule has 0 saturated carbocycles. The summed E-state index contributed by atoms with van der Waals surface area (Å²) < 4.78 is 29.2. The topological polar surface area (TPSA) is 86.8 Å². The number of carbonyl (C=O) groups is 2. The number of rotatable bonds is 11. The lowest BCUT2D eigenvalue weighted by molar-refractivity contribution is -0.140. The smallest absolute Gasteiger partial charge is 0.264 e. The monoisotopic (exact) mass is 597 g/mol. The molecule has 220 valence electrons. The molecule has 0 fully saturated rings. The largest absolute Gasteiger partial charge is 0.350 e. The summed E-state index contributed by atoms with van der Waals surface area (Å²) in [6, 6.07) is 20.3. The third kappa shape index (κ3) is 8.57. The minimum atomic E-state index is -4.14. The van der Waals surface area contributed by atoms with E-state index in [9.17, 15) is 18.0 Å². The van der Waals surface area contributed by atoms with Crippen molar-refractivity contribution in [1.82, 2.24) is 10.2 Å². The third-order valence-electron chi connectivity index (χ3n) is 6.68. The number of amides is 2. The van der Waals surface area contributed by atoms with Gasteiger partial charge < -0.3 is 10.2 Å². The number of nitrogens with zero attached hydrogens (tertiary/aromatic N) is 2. The van der Waals surface area contributed by atoms with Crippen LogP contribution in [-0.4, -0.2) is 49.8 Å². The highest BCUT2D eigenvalue weighted by atomic mass is 35.5. The van der Waals surface area contributed by atoms with Crippen molar-refractivity contribution in [3.63, 3.8) is 0 Å². The molecular formula is C32H40ClN3O4S. The van der Waals surface area contributed by atoms with Crippen molar-refractivity contribution in [2.45, 2.75) is 70.9 Å². The Labute approximate surface area is 249 Å². The van der Waals surface area contributed by atoms with Crippen LogP contribution in [0.1, 0.15) is 50.8 Å². The number of hydrogen-bond acceptors (Lipinski definition) is 4. The Hall–Kier alpha value is -3.36. The van der Waals surface area contributed by atoms with E-state index in [-0.39, 0.29) is 17.3 Å². The van der Waals surface area contributed by atoms with E-state index in [0.717, 1.165) is 15.4 Å². The van der Waals surface area contributed by atoms with E-state index >= 15 is 0 Å². The fraction of sp³-hybridized carbons (Fsp3) is 0.375. The summed E-state index contributed by atoms with van der Waals surface area (Å²) in [5.74, 6) is -0.751. The highest BCUT2D eigenvalue weighted by Gasteiger charge is 2.34. The van der Waals surface area contributed by atoms with Gasteiger partial charge in [-0.05, 0) is 88.9 Å². The van der Waals surface area contributed by atoms with E-state index < -0.39 is 34.1 Å². The molecule has 2 amide bonds. The number of carbonyl (C=O) groups excluding carboxylic acids is 2. The third-order valence-corrected chi connectivity index (χ3v) is 8.69. The quantitative estimate of drug-likeness (QED) is 0.297. The van der Waals surface area contributed by atoms with Gasteiger partial charge in [0.15, 0.2) is 0 Å². The lowest BCUT2D eigenvalue weighted by Crippen LogP contribution is -2.56. The second-order valence-corrected chi connectivity index (χ2v) is 13.5. The number of benzene rings is 3. The number of aryl methyl sites for hydroxylation is 2. The molecule has 1 atom stereocenters. The molecule has 0 radical (unpaired) electrons. The lowest BCUT2D eigenvalue weighted by Gasteiger charge is -2.35. The van der Waals surface area contributed by atoms with Gasteiger partial charge >= 0.3 is 0 Å². The predicted octanol–water partition coefficient (Wildman–Crippen LogP) is 5.92. The van der Waals surface area contributed by atoms with E-state index in [4.69, 9.17) is 11.6 Å². The molecule has 3 rings (SSSR count). The van der Waals surface area contributed by atoms with E-state index in [1.54, 1.807) is 37.3 Å². The van der Waals surface area contributed by atoms with E-state index in [1.807, 2.05) is 65.0 Å². The Morgan fingerprint density at radius 1 is 0.951 bits per heavy atom. The van der Waals surface area contributed by atoms with Gasteiger partial charge in [0.1, 0.15) is 12.6 Å². The van der Waals surface area contributed by atoms with Crippen LogP contribution in [-0.2, 0) is 26.0 Å². The molecule has 3 aromatic rings. The molecule has 0 aliphatic rings. The molecule has 0 saturated heterocycles. The molecular weight excluding hydrogens is 558 g/mol. The lowest BCUT2D eigenvalue weighted by atomic mass is 10.1. The minimum Gasteiger partial charge on any atom is -0.350 e. The number of anilines is 1. The second kappa shape index (κ2) is 13.5. The molecule has 0 heterocycles. The fourth-order valence-corrected chi connectivity index (χ4v) is 6.30. The maximum atomic E-state index is 14.1. The van der Waals surface area contributed by atoms with Gasteiger partial charge in [-0.2, -0.15) is 0 Å². The first kappa shape index (κ1) is 32.2. The molecule has 0 unspecified atom stereocenters. The molecule has 41 heavy (non-hydrogen) atoms. The first-order valence-corrected chi connectivity index (χ1v) is 15.6. The summed E-state index contributed by atoms with van der Waals surface area (Å²) in [5, 5.41) is 3.44. The summed E-state index contributed by atoms with van der Waals surface area (Å²) in [4.78, 5) is 29.1. The van der Waals surface area contributed by atoms with Crippen LogP contribution in [0.4, 0.5) is 5.69 Å². The Bertz CT molecular complexity index is 1450. The Kier molecular flexibility index (Phi) is 10.6. The zero-order valence-corrected chi connectivity index (χ0v) is 26.2. The Balaban J connectivity index is 2.05. The standard InChI is InChI=1S/C32H40ClN3O4S/c1-7-28(31(38)34-32(4,5)6)35(20-19-25-11-9-8-10-12-25)30(37)22-36(29-18-15-26(33)21-24(29)3)41(39,40)27-16-13-23(2)14-17-27/h8-18,21,28H,7,19-20,22H2,1-6H3,(H,34,38)/t28-/m1/s1. The van der Waals surface area contributed by atoms with E-state index in [1.165, 1.54) is 17.0 Å². The first-order valence-electron chi connectivity index (χ1n) is 13.7. The van der Waals surface area contributed by atoms with Crippen LogP contribution >= 0.6 is 11.6 Å². The van der Waals surface area contributed by atoms with Gasteiger partial charge in [0.2, 0.25) is 11.8 Å². The fourth-order valence-electron chi connectivity index (χ4n) is 4.60. The van der Waals surface area contributed by atoms with Crippen molar-refractivity contribution in [3.8, 4) is 0 Å². The molecule has 1 N–H and O–H groups in total. The summed E-state index contributed by atoms with van der Waals surface area (Å²) in [6.07, 6.45) is 0.879. The zero-order chi connectivity index (χ0) is 30.4. The maximum absolute atomic E-state index is 14.1. The van der Waals surface area contributed by atoms with Crippen LogP contribution in [0.15, 0.2) is 77.7 Å². The zero-order valence-electron chi connectivity index (χ0n) is 24.6. The first-order chi connectivity index (χ1) is 19.2. The van der Waals surface area contributed by atoms with Crippen LogP contribution in [0.2, 0.25) is 5.02 Å². The summed E-state index contributed by atoms with van der Waals surface area (Å²) in [6.45, 7) is 10.9. The number of halogens is 1. The van der Waals surface area contributed by atoms with Crippen molar-refractivity contribution in [1.29, 1.82) is 0 Å². The molecule has 0 aliphatic heterocycles. The van der Waals surface area contributed by atoms with Gasteiger partial charge in [0.25, 0.3) is 10.0 Å². The van der Waals surface area contributed by atoms with E-state index in [0.29, 0.717) is 29.1 Å². The highest BCUT2D eigenvalue weighted by Crippen LogP contribution is 2.29. The average Bonchev–Trinajstić information content (AvgIpc) is 2.89. The average molecular weight is 598 g/mol. The van der Waals surface area contributed by atoms with Crippen LogP contribution < -0.4 is 9.62 Å². The number of nitrogens with one attached hydrogen (secondary N) is 1. The molecule has 7 nitrogen and oxygen atoms in total. The van der Waals surface area contributed by atoms with Crippen molar-refractivity contribution < 1.29 is 18.0 Å². The van der Waals surface area contributed by atoms with Gasteiger partial charge in [-0.3, -0.25) is 13.9 Å². The van der Waals surface area contributed by atoms with Crippen LogP contribution in [0, 0.1) is 13.8 Å². The van der Waals surface area contributed by atoms with Crippen molar-refractivity contribution in [2.75, 3.05) is 17.4 Å². The normalized spacial score (nSPS) is 12.5. The van der Waals surface area contributed by atoms with Crippen LogP contribution in [0.25, 0.3) is 0 Å². The van der Waals surface area contributed by atoms with Gasteiger partial charge in [-0.1, -0.05) is 66.6 Å². The molecule has 0 aliphatic carbocycles. The van der Waals surface area contributed by atoms with Gasteiger partial charge in [0.05, 0.1) is 10.6 Å². The van der Waals surface area contributed by atoms with Gasteiger partial charge in [-0.25, -0.2) is 8.42 Å². The Morgan fingerprint density at radius 2 is 1.59 bits per heavy atom. The molecule has 3 aromatic carbocycles. The highest BCUT2D eigenvalue weighted by molar-refractivity contribution is 7.92. The van der Waals surface area contributed by atoms with Crippen LogP contribution in [0.5, 0.6) is 0 Å². The number of hydrogen-bond donors (Lipinski definition) is 1. The van der Waals surface area contributed by atoms with Crippen molar-refractivity contribution in [3.05, 3.63) is 94.5 Å². The SMILES string of the molecule is CC[C@H](C(=O)NC(C)(C)C)N(CCc1ccccc1)C(=O)CN(c1ccc(Cl)cc1C)S(=O)(=O)c1ccc(C)cc1. The van der Waals surface area contributed by atoms with E-state index in [2.05, 4.69) is 5.32 Å². The molecule has 0 spiro atoms. The second-order valence-electron chi connectivity index (χ2n) is 11.2. The molecule has 0 bridgehead atoms. The Morgan fingerprint density at radius 3 is 2.15 bits per heavy atom. The van der Waals surface area contributed by atoms with Gasteiger partial charge in [0, 0.05) is 17.1 Å². The maximum Gasteiger partial charge on any atom is 0.264 e. The summed E-state index contributed by atoms with van der Waals surface area (Å²) in [7, 11) is -4.14. The summed E-state index contributed by atoms with van der Waals surface area (Å²) >= 11 is 6.19. The summed E-state index contributed by atoms with van der Waals surface area (Å²) in [5.41, 5.74) is 2.37. The van der Waals surface area contributed by atoms with Crippen LogP contribution in [0.3, 0.4) is 0 Å². The number of sulfonamides is 1. The molecule has 0 aromatic heterocycles. The predicted molar refractivity (Wildman–Crippen MR) is 166 cm³/mol. The van der Waals surface area contributed by atoms with Gasteiger partial charge in [-0.15, -0.1) is 0 Å². The van der Waals surface area contributed by atoms with Crippen molar-refractivity contribution in [2.24, 2.45) is 0 Å².